The second kappa shape index (κ2) is 8.03. The maximum atomic E-state index is 6.36. The molecule has 0 spiro atoms. The van der Waals surface area contributed by atoms with Gasteiger partial charge in [0.15, 0.2) is 0 Å². The van der Waals surface area contributed by atoms with E-state index >= 15 is 0 Å². The zero-order valence-corrected chi connectivity index (χ0v) is 22.6. The van der Waals surface area contributed by atoms with Gasteiger partial charge in [-0.3, -0.25) is 0 Å². The van der Waals surface area contributed by atoms with Crippen molar-refractivity contribution in [3.05, 3.63) is 127 Å². The molecule has 0 amide bonds. The largest absolute Gasteiger partial charge is 0.456 e. The average molecular weight is 535 g/mol. The van der Waals surface area contributed by atoms with Crippen molar-refractivity contribution in [2.45, 2.75) is 12.8 Å². The fourth-order valence-electron chi connectivity index (χ4n) is 7.48. The van der Waals surface area contributed by atoms with Crippen molar-refractivity contribution in [3.63, 3.8) is 0 Å². The van der Waals surface area contributed by atoms with Crippen LogP contribution in [-0.2, 0) is 6.42 Å². The van der Waals surface area contributed by atoms with Crippen LogP contribution in [0.15, 0.2) is 112 Å². The van der Waals surface area contributed by atoms with E-state index in [1.165, 1.54) is 70.9 Å². The van der Waals surface area contributed by atoms with E-state index in [0.717, 1.165) is 40.7 Å². The van der Waals surface area contributed by atoms with E-state index in [1.807, 2.05) is 6.07 Å². The highest BCUT2D eigenvalue weighted by Crippen LogP contribution is 2.49. The molecule has 10 rings (SSSR count). The first-order valence-corrected chi connectivity index (χ1v) is 14.5. The van der Waals surface area contributed by atoms with Gasteiger partial charge < -0.3 is 8.83 Å². The van der Waals surface area contributed by atoms with E-state index in [9.17, 15) is 0 Å². The van der Waals surface area contributed by atoms with E-state index < -0.39 is 0 Å². The molecule has 0 unspecified atom stereocenters. The van der Waals surface area contributed by atoms with Crippen LogP contribution in [0.1, 0.15) is 17.7 Å². The third-order valence-electron chi connectivity index (χ3n) is 9.14. The molecule has 2 heterocycles. The Balaban J connectivity index is 1.40. The van der Waals surface area contributed by atoms with Crippen LogP contribution in [0.4, 0.5) is 0 Å². The molecule has 0 N–H and O–H groups in total. The number of aryl methyl sites for hydroxylation is 1. The quantitative estimate of drug-likeness (QED) is 0.206. The van der Waals surface area contributed by atoms with Crippen LogP contribution in [0.5, 0.6) is 0 Å². The highest BCUT2D eigenvalue weighted by atomic mass is 16.3. The van der Waals surface area contributed by atoms with Crippen molar-refractivity contribution in [1.29, 1.82) is 0 Å². The number of furan rings is 2. The third kappa shape index (κ3) is 2.80. The highest BCUT2D eigenvalue weighted by Gasteiger charge is 2.24. The number of fused-ring (bicyclic) bond motifs is 5. The lowest BCUT2D eigenvalue weighted by Crippen LogP contribution is -1.94. The van der Waals surface area contributed by atoms with Crippen molar-refractivity contribution >= 4 is 71.3 Å². The predicted octanol–water partition coefficient (Wildman–Crippen LogP) is 11.1. The van der Waals surface area contributed by atoms with Gasteiger partial charge in [-0.25, -0.2) is 0 Å². The van der Waals surface area contributed by atoms with Gasteiger partial charge in [-0.15, -0.1) is 0 Å². The molecule has 42 heavy (non-hydrogen) atoms. The van der Waals surface area contributed by atoms with Crippen LogP contribution in [0.2, 0.25) is 0 Å². The smallest absolute Gasteiger partial charge is 0.136 e. The Bertz CT molecular complexity index is 2520. The first-order valence-electron chi connectivity index (χ1n) is 14.5. The Morgan fingerprint density at radius 1 is 0.595 bits per heavy atom. The van der Waals surface area contributed by atoms with E-state index in [0.29, 0.717) is 0 Å². The molecular formula is C40H22O2. The Morgan fingerprint density at radius 3 is 2.26 bits per heavy atom. The Morgan fingerprint density at radius 2 is 1.36 bits per heavy atom. The summed E-state index contributed by atoms with van der Waals surface area (Å²) in [6, 6.07) is 41.5. The Hall–Kier alpha value is -5.52. The summed E-state index contributed by atoms with van der Waals surface area (Å²) in [6.45, 7) is 0. The Labute approximate surface area is 241 Å². The monoisotopic (exact) mass is 534 g/mol. The molecule has 1 aliphatic rings. The van der Waals surface area contributed by atoms with Gasteiger partial charge in [-0.05, 0) is 98.9 Å². The summed E-state index contributed by atoms with van der Waals surface area (Å²) in [4.78, 5) is 0. The van der Waals surface area contributed by atoms with Crippen LogP contribution in [0, 0.1) is 12.1 Å². The van der Waals surface area contributed by atoms with Crippen LogP contribution in [0.3, 0.4) is 0 Å². The normalized spacial score (nSPS) is 13.2. The molecule has 0 saturated carbocycles. The van der Waals surface area contributed by atoms with Crippen molar-refractivity contribution < 1.29 is 8.83 Å². The molecule has 194 valence electrons. The van der Waals surface area contributed by atoms with Gasteiger partial charge in [0.2, 0.25) is 0 Å². The molecule has 0 saturated heterocycles. The fourth-order valence-corrected chi connectivity index (χ4v) is 7.48. The molecule has 0 atom stereocenters. The van der Waals surface area contributed by atoms with Crippen LogP contribution in [-0.4, -0.2) is 0 Å². The maximum absolute atomic E-state index is 6.36. The lowest BCUT2D eigenvalue weighted by Gasteiger charge is -2.19. The molecule has 2 aromatic heterocycles. The van der Waals surface area contributed by atoms with Crippen molar-refractivity contribution in [2.24, 2.45) is 0 Å². The molecule has 0 fully saturated rings. The number of benzene rings is 6. The maximum Gasteiger partial charge on any atom is 0.136 e. The van der Waals surface area contributed by atoms with Gasteiger partial charge in [0.1, 0.15) is 22.5 Å². The molecule has 7 aromatic carbocycles. The minimum atomic E-state index is 0.927. The van der Waals surface area contributed by atoms with Crippen LogP contribution in [0.25, 0.3) is 93.6 Å². The lowest BCUT2D eigenvalue weighted by molar-refractivity contribution is 0.595. The second-order valence-corrected chi connectivity index (χ2v) is 11.3. The summed E-state index contributed by atoms with van der Waals surface area (Å²) in [5.41, 5.74) is 8.90. The topological polar surface area (TPSA) is 26.3 Å². The highest BCUT2D eigenvalue weighted by molar-refractivity contribution is 6.30. The average Bonchev–Trinajstić information content (AvgIpc) is 3.62. The minimum absolute atomic E-state index is 0.927. The lowest BCUT2D eigenvalue weighted by atomic mass is 9.83. The summed E-state index contributed by atoms with van der Waals surface area (Å²) in [7, 11) is 0. The van der Waals surface area contributed by atoms with Gasteiger partial charge in [-0.1, -0.05) is 78.9 Å². The third-order valence-corrected chi connectivity index (χ3v) is 9.14. The SMILES string of the molecule is c1ccc2c(-c3cc4cccc5oc6cccc3c6c45)c3ccccc3c(-c3cccc4oc5c(c34)CCC=C5)c2c#1. The van der Waals surface area contributed by atoms with Crippen LogP contribution < -0.4 is 0 Å². The molecular weight excluding hydrogens is 512 g/mol. The van der Waals surface area contributed by atoms with Crippen molar-refractivity contribution in [1.82, 2.24) is 0 Å². The summed E-state index contributed by atoms with van der Waals surface area (Å²) in [5.74, 6) is 0.982. The standard InChI is InChI=1S/C40H22O2/c1-3-13-26-24(11-1)37(30-17-9-20-34-39(30)29-15-5-6-18-32(29)41-34)25-12-2-4-14-27(25)38(26)31-22-23-10-7-19-33-36(23)40-28(31)16-8-21-35(40)42-33/h1,3-4,6-11,13-14,16-22H,5,15H2. The van der Waals surface area contributed by atoms with E-state index in [1.54, 1.807) is 0 Å². The van der Waals surface area contributed by atoms with Gasteiger partial charge in [0.25, 0.3) is 0 Å². The number of rotatable bonds is 2. The fraction of sp³-hybridized carbons (Fsp3) is 0.0500. The summed E-state index contributed by atoms with van der Waals surface area (Å²) < 4.78 is 12.7. The first-order chi connectivity index (χ1) is 20.8. The molecule has 1 aliphatic carbocycles. The number of allylic oxidation sites excluding steroid dienone is 1. The molecule has 2 nitrogen and oxygen atoms in total. The second-order valence-electron chi connectivity index (χ2n) is 11.3. The molecule has 0 aliphatic heterocycles. The minimum Gasteiger partial charge on any atom is -0.456 e. The molecule has 2 heteroatoms. The summed E-state index contributed by atoms with van der Waals surface area (Å²) in [6.07, 6.45) is 6.34. The molecule has 0 radical (unpaired) electrons. The zero-order valence-electron chi connectivity index (χ0n) is 22.6. The summed E-state index contributed by atoms with van der Waals surface area (Å²) >= 11 is 0. The van der Waals surface area contributed by atoms with Crippen LogP contribution >= 0.6 is 0 Å². The zero-order chi connectivity index (χ0) is 27.4. The van der Waals surface area contributed by atoms with Gasteiger partial charge in [0, 0.05) is 32.7 Å². The van der Waals surface area contributed by atoms with E-state index in [-0.39, 0.29) is 0 Å². The van der Waals surface area contributed by atoms with Gasteiger partial charge >= 0.3 is 0 Å². The van der Waals surface area contributed by atoms with Gasteiger partial charge in [0.05, 0.1) is 0 Å². The number of hydrogen-bond acceptors (Lipinski definition) is 2. The van der Waals surface area contributed by atoms with E-state index in [4.69, 9.17) is 8.83 Å². The number of hydrogen-bond donors (Lipinski definition) is 0. The van der Waals surface area contributed by atoms with E-state index in [2.05, 4.69) is 115 Å². The summed E-state index contributed by atoms with van der Waals surface area (Å²) in [5, 5.41) is 10.7. The van der Waals surface area contributed by atoms with Crippen molar-refractivity contribution in [3.8, 4) is 22.3 Å². The van der Waals surface area contributed by atoms with Crippen molar-refractivity contribution in [2.75, 3.05) is 0 Å². The molecule has 9 aromatic rings. The van der Waals surface area contributed by atoms with Gasteiger partial charge in [-0.2, -0.15) is 0 Å². The first kappa shape index (κ1) is 22.2. The Kier molecular flexibility index (Phi) is 4.24. The predicted molar refractivity (Wildman–Crippen MR) is 173 cm³/mol. The molecule has 0 bridgehead atoms.